The number of rotatable bonds is 9. The second kappa shape index (κ2) is 13.3. The molecule has 15 heteroatoms. The predicted molar refractivity (Wildman–Crippen MR) is 174 cm³/mol. The second-order valence-electron chi connectivity index (χ2n) is 9.86. The molecule has 11 nitrogen and oxygen atoms in total. The van der Waals surface area contributed by atoms with Gasteiger partial charge in [0.1, 0.15) is 19.0 Å². The third kappa shape index (κ3) is 5.91. The molecule has 1 atom stereocenters. The van der Waals surface area contributed by atoms with Gasteiger partial charge in [-0.3, -0.25) is 14.5 Å². The van der Waals surface area contributed by atoms with E-state index in [1.807, 2.05) is 6.07 Å². The van der Waals surface area contributed by atoms with E-state index in [1.54, 1.807) is 42.5 Å². The lowest BCUT2D eigenvalue weighted by Crippen LogP contribution is -2.29. The summed E-state index contributed by atoms with van der Waals surface area (Å²) in [7, 11) is 4.37. The molecule has 1 amide bonds. The van der Waals surface area contributed by atoms with Gasteiger partial charge in [-0.1, -0.05) is 52.4 Å². The van der Waals surface area contributed by atoms with Crippen LogP contribution < -0.4 is 28.6 Å². The summed E-state index contributed by atoms with van der Waals surface area (Å²) < 4.78 is 28.4. The number of aliphatic hydroxyl groups is 1. The summed E-state index contributed by atoms with van der Waals surface area (Å²) >= 11 is 14.8. The van der Waals surface area contributed by atoms with Crippen molar-refractivity contribution in [2.24, 2.45) is 0 Å². The standard InChI is InChI=1S/C31H25Cl2N3O8S2/c1-40-22-11-17(12-23(41-2)28(22)42-3)25-24(26(37)15-5-7-20-21(10-15)44-9-8-43-20)27(38)29(39)36(25)30-34-35-31(46-30)45-14-16-4-6-18(32)13-19(16)33/h4-7,10-13,25,37H,8-9,14H2,1-3H3/b26-24+. The summed E-state index contributed by atoms with van der Waals surface area (Å²) in [5, 5.41) is 21.4. The van der Waals surface area contributed by atoms with Crippen LogP contribution >= 0.6 is 46.3 Å². The zero-order chi connectivity index (χ0) is 32.5. The number of fused-ring (bicyclic) bond motifs is 1. The lowest BCUT2D eigenvalue weighted by molar-refractivity contribution is -0.132. The van der Waals surface area contributed by atoms with Gasteiger partial charge in [0, 0.05) is 21.4 Å². The topological polar surface area (TPSA) is 130 Å². The Morgan fingerprint density at radius 2 is 1.70 bits per heavy atom. The molecule has 0 spiro atoms. The van der Waals surface area contributed by atoms with Crippen molar-refractivity contribution >= 4 is 68.9 Å². The number of carbonyl (C=O) groups excluding carboxylic acids is 2. The molecule has 2 aliphatic rings. The minimum Gasteiger partial charge on any atom is -0.507 e. The van der Waals surface area contributed by atoms with E-state index in [1.165, 1.54) is 38.0 Å². The lowest BCUT2D eigenvalue weighted by atomic mass is 9.94. The highest BCUT2D eigenvalue weighted by molar-refractivity contribution is 8.00. The Labute approximate surface area is 281 Å². The third-order valence-corrected chi connectivity index (χ3v) is 9.92. The molecule has 6 rings (SSSR count). The molecule has 1 N–H and O–H groups in total. The van der Waals surface area contributed by atoms with E-state index in [9.17, 15) is 14.7 Å². The molecule has 3 heterocycles. The highest BCUT2D eigenvalue weighted by Gasteiger charge is 2.49. The van der Waals surface area contributed by atoms with Crippen LogP contribution in [0.25, 0.3) is 5.76 Å². The molecular weight excluding hydrogens is 677 g/mol. The van der Waals surface area contributed by atoms with E-state index in [2.05, 4.69) is 10.2 Å². The number of carbonyl (C=O) groups is 2. The van der Waals surface area contributed by atoms with Crippen molar-refractivity contribution in [2.75, 3.05) is 39.4 Å². The summed E-state index contributed by atoms with van der Waals surface area (Å²) in [6.45, 7) is 0.716. The number of aromatic nitrogens is 2. The molecule has 3 aromatic carbocycles. The molecule has 1 saturated heterocycles. The number of ether oxygens (including phenoxy) is 5. The van der Waals surface area contributed by atoms with Gasteiger partial charge in [-0.2, -0.15) is 0 Å². The number of aliphatic hydroxyl groups excluding tert-OH is 1. The third-order valence-electron chi connectivity index (χ3n) is 7.23. The average Bonchev–Trinajstić information content (AvgIpc) is 3.64. The van der Waals surface area contributed by atoms with Crippen LogP contribution in [0.1, 0.15) is 22.7 Å². The Bertz CT molecular complexity index is 1860. The molecule has 0 saturated carbocycles. The fraction of sp³-hybridized carbons (Fsp3) is 0.226. The van der Waals surface area contributed by atoms with Gasteiger partial charge in [-0.15, -0.1) is 10.2 Å². The maximum atomic E-state index is 13.8. The van der Waals surface area contributed by atoms with Crippen molar-refractivity contribution in [3.63, 3.8) is 0 Å². The molecule has 1 aromatic heterocycles. The quantitative estimate of drug-likeness (QED) is 0.0670. The molecule has 0 bridgehead atoms. The molecule has 0 radical (unpaired) electrons. The SMILES string of the molecule is COc1cc(C2/C(=C(\O)c3ccc4c(c3)OCCO4)C(=O)C(=O)N2c2nnc(SCc3ccc(Cl)cc3Cl)s2)cc(OC)c1OC. The normalized spacial score (nSPS) is 16.9. The summed E-state index contributed by atoms with van der Waals surface area (Å²) in [5.74, 6) is 0.0360. The Morgan fingerprint density at radius 1 is 0.978 bits per heavy atom. The number of amides is 1. The van der Waals surface area contributed by atoms with Crippen molar-refractivity contribution < 1.29 is 38.4 Å². The Hall–Kier alpha value is -4.17. The molecular formula is C31H25Cl2N3O8S2. The molecule has 238 valence electrons. The minimum absolute atomic E-state index is 0.145. The predicted octanol–water partition coefficient (Wildman–Crippen LogP) is 6.56. The van der Waals surface area contributed by atoms with Crippen LogP contribution in [0, 0.1) is 0 Å². The van der Waals surface area contributed by atoms with Gasteiger partial charge in [-0.05, 0) is 53.6 Å². The van der Waals surface area contributed by atoms with E-state index >= 15 is 0 Å². The molecule has 1 fully saturated rings. The number of benzene rings is 3. The van der Waals surface area contributed by atoms with Crippen LogP contribution in [0.5, 0.6) is 28.7 Å². The zero-order valence-electron chi connectivity index (χ0n) is 24.5. The van der Waals surface area contributed by atoms with Crippen LogP contribution in [0.3, 0.4) is 0 Å². The number of Topliss-reactive ketones (excluding diaryl/α,β-unsaturated/α-hetero) is 1. The summed E-state index contributed by atoms with van der Waals surface area (Å²) in [6, 6.07) is 12.1. The number of hydrogen-bond acceptors (Lipinski definition) is 12. The largest absolute Gasteiger partial charge is 0.507 e. The number of hydrogen-bond donors (Lipinski definition) is 1. The van der Waals surface area contributed by atoms with Gasteiger partial charge in [-0.25, -0.2) is 0 Å². The molecule has 1 unspecified atom stereocenters. The van der Waals surface area contributed by atoms with Crippen molar-refractivity contribution in [2.45, 2.75) is 16.1 Å². The van der Waals surface area contributed by atoms with Crippen LogP contribution in [0.15, 0.2) is 58.4 Å². The Balaban J connectivity index is 1.45. The van der Waals surface area contributed by atoms with Crippen molar-refractivity contribution in [1.29, 1.82) is 0 Å². The average molecular weight is 703 g/mol. The van der Waals surface area contributed by atoms with E-state index in [0.717, 1.165) is 16.9 Å². The van der Waals surface area contributed by atoms with E-state index in [4.69, 9.17) is 46.9 Å². The highest BCUT2D eigenvalue weighted by atomic mass is 35.5. The van der Waals surface area contributed by atoms with E-state index in [-0.39, 0.29) is 27.8 Å². The van der Waals surface area contributed by atoms with E-state index in [0.29, 0.717) is 56.2 Å². The van der Waals surface area contributed by atoms with Gasteiger partial charge in [0.05, 0.1) is 32.9 Å². The number of anilines is 1. The number of ketones is 1. The first kappa shape index (κ1) is 31.8. The first-order chi connectivity index (χ1) is 22.2. The number of methoxy groups -OCH3 is 3. The van der Waals surface area contributed by atoms with Crippen molar-refractivity contribution in [3.05, 3.63) is 80.8 Å². The number of halogens is 2. The lowest BCUT2D eigenvalue weighted by Gasteiger charge is -2.24. The molecule has 46 heavy (non-hydrogen) atoms. The molecule has 2 aliphatic heterocycles. The van der Waals surface area contributed by atoms with Gasteiger partial charge >= 0.3 is 5.91 Å². The van der Waals surface area contributed by atoms with Crippen molar-refractivity contribution in [3.8, 4) is 28.7 Å². The van der Waals surface area contributed by atoms with Crippen molar-refractivity contribution in [1.82, 2.24) is 10.2 Å². The highest BCUT2D eigenvalue weighted by Crippen LogP contribution is 2.48. The van der Waals surface area contributed by atoms with Gasteiger partial charge < -0.3 is 28.8 Å². The minimum atomic E-state index is -1.14. The Kier molecular flexibility index (Phi) is 9.18. The smallest absolute Gasteiger partial charge is 0.301 e. The van der Waals surface area contributed by atoms with Gasteiger partial charge in [0.25, 0.3) is 5.78 Å². The first-order valence-electron chi connectivity index (χ1n) is 13.6. The number of nitrogens with zero attached hydrogens (tertiary/aromatic N) is 3. The van der Waals surface area contributed by atoms with Crippen LogP contribution in [0.4, 0.5) is 5.13 Å². The Morgan fingerprint density at radius 3 is 2.37 bits per heavy atom. The van der Waals surface area contributed by atoms with Gasteiger partial charge in [0.15, 0.2) is 27.3 Å². The maximum absolute atomic E-state index is 13.8. The number of thioether (sulfide) groups is 1. The molecule has 0 aliphatic carbocycles. The fourth-order valence-corrected chi connectivity index (χ4v) is 7.51. The van der Waals surface area contributed by atoms with Crippen LogP contribution in [-0.4, -0.2) is 61.5 Å². The second-order valence-corrected chi connectivity index (χ2v) is 12.9. The molecule has 4 aromatic rings. The first-order valence-corrected chi connectivity index (χ1v) is 16.2. The summed E-state index contributed by atoms with van der Waals surface area (Å²) in [5.41, 5.74) is 1.32. The summed E-state index contributed by atoms with van der Waals surface area (Å²) in [4.78, 5) is 28.7. The van der Waals surface area contributed by atoms with E-state index < -0.39 is 23.5 Å². The zero-order valence-corrected chi connectivity index (χ0v) is 27.7. The van der Waals surface area contributed by atoms with Crippen LogP contribution in [-0.2, 0) is 15.3 Å². The fourth-order valence-electron chi connectivity index (χ4n) is 5.09. The monoisotopic (exact) mass is 701 g/mol. The maximum Gasteiger partial charge on any atom is 0.301 e. The summed E-state index contributed by atoms with van der Waals surface area (Å²) in [6.07, 6.45) is 0. The van der Waals surface area contributed by atoms with Crippen LogP contribution in [0.2, 0.25) is 10.0 Å². The van der Waals surface area contributed by atoms with Gasteiger partial charge in [0.2, 0.25) is 10.9 Å².